The summed E-state index contributed by atoms with van der Waals surface area (Å²) in [5, 5.41) is 8.98. The van der Waals surface area contributed by atoms with E-state index in [9.17, 15) is 27.6 Å². The third kappa shape index (κ3) is 2.77. The van der Waals surface area contributed by atoms with Crippen LogP contribution >= 0.6 is 0 Å². The minimum absolute atomic E-state index is 0.249. The highest BCUT2D eigenvalue weighted by molar-refractivity contribution is 6.22. The van der Waals surface area contributed by atoms with Crippen molar-refractivity contribution in [1.29, 1.82) is 5.26 Å². The molecule has 0 unspecified atom stereocenters. The number of nitriles is 1. The van der Waals surface area contributed by atoms with E-state index in [1.54, 1.807) is 35.2 Å². The van der Waals surface area contributed by atoms with E-state index in [0.717, 1.165) is 17.0 Å². The van der Waals surface area contributed by atoms with Crippen LogP contribution in [0.1, 0.15) is 27.9 Å². The first-order chi connectivity index (χ1) is 15.2. The molecule has 3 atom stereocenters. The highest BCUT2D eigenvalue weighted by Gasteiger charge is 2.63. The van der Waals surface area contributed by atoms with Crippen molar-refractivity contribution >= 4 is 23.5 Å². The van der Waals surface area contributed by atoms with Crippen molar-refractivity contribution in [1.82, 2.24) is 9.80 Å². The number of amides is 4. The molecule has 7 nitrogen and oxygen atoms in total. The molecule has 2 aromatic rings. The van der Waals surface area contributed by atoms with Gasteiger partial charge in [0.1, 0.15) is 6.04 Å². The van der Waals surface area contributed by atoms with E-state index in [-0.39, 0.29) is 24.2 Å². The minimum atomic E-state index is -4.82. The molecular weight excluding hydrogens is 425 g/mol. The van der Waals surface area contributed by atoms with E-state index >= 15 is 0 Å². The fourth-order valence-corrected chi connectivity index (χ4v) is 4.88. The van der Waals surface area contributed by atoms with Crippen molar-refractivity contribution in [2.75, 3.05) is 11.4 Å². The molecule has 5 rings (SSSR count). The summed E-state index contributed by atoms with van der Waals surface area (Å²) in [6.45, 7) is 0.253. The maximum absolute atomic E-state index is 13.4. The number of urea groups is 1. The average Bonchev–Trinajstić information content (AvgIpc) is 3.44. The van der Waals surface area contributed by atoms with Gasteiger partial charge in [0.2, 0.25) is 0 Å². The van der Waals surface area contributed by atoms with Crippen LogP contribution < -0.4 is 4.90 Å². The second-order valence-electron chi connectivity index (χ2n) is 7.93. The van der Waals surface area contributed by atoms with Gasteiger partial charge in [0.05, 0.1) is 35.0 Å². The lowest BCUT2D eigenvalue weighted by atomic mass is 10.1. The molecule has 0 saturated carbocycles. The molecule has 4 amide bonds. The summed E-state index contributed by atoms with van der Waals surface area (Å²) in [6, 6.07) is 10.2. The van der Waals surface area contributed by atoms with Crippen molar-refractivity contribution in [3.8, 4) is 6.07 Å². The average molecular weight is 440 g/mol. The van der Waals surface area contributed by atoms with Crippen LogP contribution in [0.5, 0.6) is 0 Å². The summed E-state index contributed by atoms with van der Waals surface area (Å²) in [5.41, 5.74) is -1.60. The highest BCUT2D eigenvalue weighted by Crippen LogP contribution is 2.43. The zero-order valence-electron chi connectivity index (χ0n) is 16.4. The summed E-state index contributed by atoms with van der Waals surface area (Å²) in [7, 11) is 0. The predicted molar refractivity (Wildman–Crippen MR) is 104 cm³/mol. The lowest BCUT2D eigenvalue weighted by Crippen LogP contribution is -2.54. The quantitative estimate of drug-likeness (QED) is 0.672. The summed E-state index contributed by atoms with van der Waals surface area (Å²) in [6.07, 6.45) is -4.38. The molecule has 3 heterocycles. The molecule has 0 N–H and O–H groups in total. The Balaban J connectivity index is 1.47. The number of hydrogen-bond acceptors (Lipinski definition) is 4. The standard InChI is InChI=1S/C22H15F3N4O3/c23-22(24,25)16-8-14(7-6-13(16)10-26)29-20(31)18-17-9-15(28(18)21(29)32)11-27(17)19(30)12-4-2-1-3-5-12/h1-8,15,17-18H,9,11H2/t15-,17-,18-/m1/s1. The van der Waals surface area contributed by atoms with Gasteiger partial charge in [-0.3, -0.25) is 9.59 Å². The zero-order valence-corrected chi connectivity index (χ0v) is 16.4. The van der Waals surface area contributed by atoms with Crippen LogP contribution in [0.3, 0.4) is 0 Å². The lowest BCUT2D eigenvalue weighted by molar-refractivity contribution is -0.137. The van der Waals surface area contributed by atoms with Crippen LogP contribution in [0.2, 0.25) is 0 Å². The van der Waals surface area contributed by atoms with E-state index in [1.165, 1.54) is 11.0 Å². The zero-order chi connectivity index (χ0) is 22.8. The van der Waals surface area contributed by atoms with Gasteiger partial charge in [0.15, 0.2) is 0 Å². The van der Waals surface area contributed by atoms with Gasteiger partial charge in [-0.25, -0.2) is 9.69 Å². The van der Waals surface area contributed by atoms with Crippen LogP contribution in [-0.4, -0.2) is 52.3 Å². The highest BCUT2D eigenvalue weighted by atomic mass is 19.4. The smallest absolute Gasteiger partial charge is 0.331 e. The van der Waals surface area contributed by atoms with Gasteiger partial charge in [-0.2, -0.15) is 18.4 Å². The van der Waals surface area contributed by atoms with Crippen LogP contribution in [-0.2, 0) is 11.0 Å². The fourth-order valence-electron chi connectivity index (χ4n) is 4.88. The second-order valence-corrected chi connectivity index (χ2v) is 7.93. The van der Waals surface area contributed by atoms with Gasteiger partial charge < -0.3 is 9.80 Å². The number of rotatable bonds is 2. The number of likely N-dealkylation sites (tertiary alicyclic amines) is 1. The van der Waals surface area contributed by atoms with Gasteiger partial charge >= 0.3 is 12.2 Å². The monoisotopic (exact) mass is 440 g/mol. The van der Waals surface area contributed by atoms with Crippen molar-refractivity contribution < 1.29 is 27.6 Å². The number of benzene rings is 2. The topological polar surface area (TPSA) is 84.7 Å². The Kier molecular flexibility index (Phi) is 4.27. The van der Waals surface area contributed by atoms with Crippen molar-refractivity contribution in [3.05, 3.63) is 65.2 Å². The number of carbonyl (C=O) groups is 3. The van der Waals surface area contributed by atoms with Crippen LogP contribution in [0.4, 0.5) is 23.7 Å². The van der Waals surface area contributed by atoms with Crippen LogP contribution in [0.15, 0.2) is 48.5 Å². The summed E-state index contributed by atoms with van der Waals surface area (Å²) in [4.78, 5) is 42.8. The first-order valence-corrected chi connectivity index (χ1v) is 9.86. The van der Waals surface area contributed by atoms with E-state index in [2.05, 4.69) is 0 Å². The molecule has 0 spiro atoms. The number of nitrogens with zero attached hydrogens (tertiary/aromatic N) is 4. The number of fused-ring (bicyclic) bond motifs is 5. The van der Waals surface area contributed by atoms with Crippen molar-refractivity contribution in [2.45, 2.75) is 30.7 Å². The molecule has 10 heteroatoms. The van der Waals surface area contributed by atoms with Crippen LogP contribution in [0, 0.1) is 11.3 Å². The first kappa shape index (κ1) is 20.1. The molecular formula is C22H15F3N4O3. The molecule has 3 saturated heterocycles. The molecule has 0 radical (unpaired) electrons. The van der Waals surface area contributed by atoms with Crippen molar-refractivity contribution in [3.63, 3.8) is 0 Å². The molecule has 162 valence electrons. The number of anilines is 1. The first-order valence-electron chi connectivity index (χ1n) is 9.86. The lowest BCUT2D eigenvalue weighted by Gasteiger charge is -2.34. The van der Waals surface area contributed by atoms with E-state index in [0.29, 0.717) is 18.1 Å². The Morgan fingerprint density at radius 1 is 1.09 bits per heavy atom. The maximum Gasteiger partial charge on any atom is 0.417 e. The SMILES string of the molecule is N#Cc1ccc(N2C(=O)[C@H]3[C@H]4C[C@H](CN4C(=O)c4ccccc4)N3C2=O)cc1C(F)(F)F. The molecule has 32 heavy (non-hydrogen) atoms. The Bertz CT molecular complexity index is 1190. The molecule has 0 aromatic heterocycles. The molecule has 3 aliphatic rings. The summed E-state index contributed by atoms with van der Waals surface area (Å²) < 4.78 is 40.1. The molecule has 2 aromatic carbocycles. The third-order valence-electron chi connectivity index (χ3n) is 6.23. The number of imide groups is 1. The summed E-state index contributed by atoms with van der Waals surface area (Å²) in [5.74, 6) is -0.930. The van der Waals surface area contributed by atoms with Gasteiger partial charge in [0.25, 0.3) is 11.8 Å². The molecule has 2 bridgehead atoms. The second kappa shape index (κ2) is 6.82. The number of hydrogen-bond donors (Lipinski definition) is 0. The number of carbonyl (C=O) groups excluding carboxylic acids is 3. The molecule has 3 aliphatic heterocycles. The number of halogens is 3. The fraction of sp³-hybridized carbons (Fsp3) is 0.273. The van der Waals surface area contributed by atoms with E-state index < -0.39 is 41.3 Å². The Labute approximate surface area is 180 Å². The Morgan fingerprint density at radius 2 is 1.81 bits per heavy atom. The van der Waals surface area contributed by atoms with E-state index in [1.807, 2.05) is 0 Å². The van der Waals surface area contributed by atoms with E-state index in [4.69, 9.17) is 5.26 Å². The Hall–Kier alpha value is -3.87. The van der Waals surface area contributed by atoms with Crippen molar-refractivity contribution in [2.24, 2.45) is 0 Å². The largest absolute Gasteiger partial charge is 0.417 e. The molecule has 3 fully saturated rings. The number of piperazine rings is 1. The maximum atomic E-state index is 13.4. The number of alkyl halides is 3. The summed E-state index contributed by atoms with van der Waals surface area (Å²) >= 11 is 0. The van der Waals surface area contributed by atoms with Crippen LogP contribution in [0.25, 0.3) is 0 Å². The third-order valence-corrected chi connectivity index (χ3v) is 6.23. The molecule has 0 aliphatic carbocycles. The van der Waals surface area contributed by atoms with Gasteiger partial charge in [-0.05, 0) is 36.8 Å². The normalized spacial score (nSPS) is 24.2. The van der Waals surface area contributed by atoms with Gasteiger partial charge in [0, 0.05) is 12.1 Å². The van der Waals surface area contributed by atoms with Gasteiger partial charge in [-0.15, -0.1) is 0 Å². The predicted octanol–water partition coefficient (Wildman–Crippen LogP) is 3.01. The van der Waals surface area contributed by atoms with Gasteiger partial charge in [-0.1, -0.05) is 18.2 Å². The minimum Gasteiger partial charge on any atom is -0.331 e. The Morgan fingerprint density at radius 3 is 2.47 bits per heavy atom.